The number of aromatic nitrogens is 2. The summed E-state index contributed by atoms with van der Waals surface area (Å²) in [5, 5.41) is 5.10. The molecular weight excluding hydrogens is 378 g/mol. The summed E-state index contributed by atoms with van der Waals surface area (Å²) in [6, 6.07) is 23.7. The van der Waals surface area contributed by atoms with Crippen LogP contribution in [-0.4, -0.2) is 22.4 Å². The van der Waals surface area contributed by atoms with Gasteiger partial charge in [0.1, 0.15) is 5.69 Å². The van der Waals surface area contributed by atoms with E-state index in [1.807, 2.05) is 78.2 Å². The second-order valence-electron chi connectivity index (χ2n) is 6.55. The van der Waals surface area contributed by atoms with E-state index in [9.17, 15) is 4.79 Å². The van der Waals surface area contributed by atoms with Crippen molar-refractivity contribution in [2.75, 3.05) is 6.54 Å². The van der Waals surface area contributed by atoms with Crippen LogP contribution < -0.4 is 5.32 Å². The molecule has 0 unspecified atom stereocenters. The Bertz CT molecular complexity index is 1080. The average Bonchev–Trinajstić information content (AvgIpc) is 3.45. The lowest BCUT2D eigenvalue weighted by Gasteiger charge is -2.10. The van der Waals surface area contributed by atoms with Gasteiger partial charge in [-0.2, -0.15) is 0 Å². The van der Waals surface area contributed by atoms with Crippen molar-refractivity contribution in [1.82, 2.24) is 15.3 Å². The molecule has 0 aliphatic rings. The van der Waals surface area contributed by atoms with Crippen LogP contribution in [0.1, 0.15) is 16.8 Å². The van der Waals surface area contributed by atoms with Crippen molar-refractivity contribution in [3.8, 4) is 10.6 Å². The molecule has 1 amide bonds. The van der Waals surface area contributed by atoms with Gasteiger partial charge in [-0.05, 0) is 28.6 Å². The quantitative estimate of drug-likeness (QED) is 0.338. The number of hydrogen-bond donors (Lipinski definition) is 2. The molecule has 0 bridgehead atoms. The Morgan fingerprint density at radius 3 is 2.48 bits per heavy atom. The van der Waals surface area contributed by atoms with Crippen molar-refractivity contribution >= 4 is 28.9 Å². The highest BCUT2D eigenvalue weighted by Crippen LogP contribution is 2.25. The first-order valence-corrected chi connectivity index (χ1v) is 10.4. The largest absolute Gasteiger partial charge is 0.352 e. The zero-order valence-electron chi connectivity index (χ0n) is 15.8. The fourth-order valence-electron chi connectivity index (χ4n) is 3.15. The van der Waals surface area contributed by atoms with Crippen LogP contribution in [0.25, 0.3) is 22.2 Å². The van der Waals surface area contributed by atoms with Crippen LogP contribution in [0.4, 0.5) is 0 Å². The normalized spacial score (nSPS) is 11.4. The zero-order valence-corrected chi connectivity index (χ0v) is 16.7. The summed E-state index contributed by atoms with van der Waals surface area (Å²) in [5.74, 6) is -0.0859. The third kappa shape index (κ3) is 4.70. The number of nitrogens with one attached hydrogen (secondary N) is 2. The summed E-state index contributed by atoms with van der Waals surface area (Å²) in [5.41, 5.74) is 4.53. The van der Waals surface area contributed by atoms with Crippen LogP contribution >= 0.6 is 11.3 Å². The number of hydrogen-bond acceptors (Lipinski definition) is 3. The Hall–Kier alpha value is -3.44. The second-order valence-corrected chi connectivity index (χ2v) is 7.50. The highest BCUT2D eigenvalue weighted by atomic mass is 32.1. The van der Waals surface area contributed by atoms with Crippen LogP contribution in [0, 0.1) is 0 Å². The van der Waals surface area contributed by atoms with E-state index in [1.165, 1.54) is 0 Å². The van der Waals surface area contributed by atoms with Gasteiger partial charge in [-0.15, -0.1) is 11.3 Å². The van der Waals surface area contributed by atoms with Gasteiger partial charge >= 0.3 is 0 Å². The minimum Gasteiger partial charge on any atom is -0.352 e. The molecule has 5 heteroatoms. The van der Waals surface area contributed by atoms with Gasteiger partial charge in [0.2, 0.25) is 0 Å². The number of aromatic amines is 1. The molecule has 0 saturated heterocycles. The third-order valence-corrected chi connectivity index (χ3v) is 5.45. The van der Waals surface area contributed by atoms with Crippen molar-refractivity contribution in [2.45, 2.75) is 6.42 Å². The Kier molecular flexibility index (Phi) is 5.98. The number of carbonyl (C=O) groups excluding carboxylic acids is 1. The molecule has 2 aromatic carbocycles. The predicted molar refractivity (Wildman–Crippen MR) is 119 cm³/mol. The van der Waals surface area contributed by atoms with Crippen LogP contribution in [0.2, 0.25) is 0 Å². The number of nitrogens with zero attached hydrogens (tertiary/aromatic N) is 1. The van der Waals surface area contributed by atoms with Crippen molar-refractivity contribution in [3.05, 3.63) is 101 Å². The fourth-order valence-corrected chi connectivity index (χ4v) is 3.90. The maximum Gasteiger partial charge on any atom is 0.251 e. The number of H-pyrrole nitrogens is 1. The fraction of sp³-hybridized carbons (Fsp3) is 0.0833. The molecule has 2 aromatic heterocycles. The Morgan fingerprint density at radius 1 is 1.00 bits per heavy atom. The number of benzene rings is 2. The molecule has 0 radical (unpaired) electrons. The van der Waals surface area contributed by atoms with E-state index in [-0.39, 0.29) is 5.91 Å². The van der Waals surface area contributed by atoms with Crippen molar-refractivity contribution in [3.63, 3.8) is 0 Å². The number of thiophene rings is 1. The van der Waals surface area contributed by atoms with E-state index in [4.69, 9.17) is 0 Å². The molecule has 0 aliphatic heterocycles. The molecule has 29 heavy (non-hydrogen) atoms. The summed E-state index contributed by atoms with van der Waals surface area (Å²) in [6.07, 6.45) is 4.32. The Balaban J connectivity index is 1.48. The van der Waals surface area contributed by atoms with E-state index in [2.05, 4.69) is 21.4 Å². The lowest BCUT2D eigenvalue weighted by molar-refractivity contribution is -0.115. The van der Waals surface area contributed by atoms with Gasteiger partial charge in [0.15, 0.2) is 0 Å². The smallest absolute Gasteiger partial charge is 0.251 e. The molecular formula is C24H21N3OS. The molecule has 0 spiro atoms. The zero-order chi connectivity index (χ0) is 19.9. The first-order valence-electron chi connectivity index (χ1n) is 9.48. The molecule has 0 fully saturated rings. The molecule has 4 aromatic rings. The standard InChI is InChI=1S/C24H21N3OS/c28-24(25-14-13-21-23(27-17-26-21)22-12-7-15-29-22)20(19-10-5-2-6-11-19)16-18-8-3-1-4-9-18/h1-12,15-17H,13-14H2,(H,25,28)(H,26,27)/b20-16-. The summed E-state index contributed by atoms with van der Waals surface area (Å²) in [7, 11) is 0. The highest BCUT2D eigenvalue weighted by molar-refractivity contribution is 7.13. The Morgan fingerprint density at radius 2 is 1.76 bits per heavy atom. The van der Waals surface area contributed by atoms with Crippen molar-refractivity contribution in [2.24, 2.45) is 0 Å². The maximum absolute atomic E-state index is 13.0. The van der Waals surface area contributed by atoms with E-state index in [0.717, 1.165) is 27.4 Å². The molecule has 4 nitrogen and oxygen atoms in total. The molecule has 144 valence electrons. The minimum atomic E-state index is -0.0859. The summed E-state index contributed by atoms with van der Waals surface area (Å²) in [4.78, 5) is 21.7. The molecule has 0 aliphatic carbocycles. The summed E-state index contributed by atoms with van der Waals surface area (Å²) < 4.78 is 0. The molecule has 0 saturated carbocycles. The van der Waals surface area contributed by atoms with Crippen LogP contribution in [-0.2, 0) is 11.2 Å². The monoisotopic (exact) mass is 399 g/mol. The summed E-state index contributed by atoms with van der Waals surface area (Å²) >= 11 is 1.66. The van der Waals surface area contributed by atoms with Crippen molar-refractivity contribution < 1.29 is 4.79 Å². The predicted octanol–water partition coefficient (Wildman–Crippen LogP) is 5.04. The molecule has 2 N–H and O–H groups in total. The number of amides is 1. The van der Waals surface area contributed by atoms with Gasteiger partial charge < -0.3 is 10.3 Å². The average molecular weight is 400 g/mol. The molecule has 0 atom stereocenters. The second kappa shape index (κ2) is 9.17. The molecule has 2 heterocycles. The SMILES string of the molecule is O=C(NCCc1[nH]cnc1-c1cccs1)/C(=C\c1ccccc1)c1ccccc1. The van der Waals surface area contributed by atoms with Gasteiger partial charge in [0, 0.05) is 24.2 Å². The van der Waals surface area contributed by atoms with E-state index in [1.54, 1.807) is 17.7 Å². The van der Waals surface area contributed by atoms with E-state index >= 15 is 0 Å². The third-order valence-electron chi connectivity index (χ3n) is 4.57. The first-order chi connectivity index (χ1) is 14.3. The van der Waals surface area contributed by atoms with E-state index in [0.29, 0.717) is 18.5 Å². The first kappa shape index (κ1) is 18.9. The van der Waals surface area contributed by atoms with Gasteiger partial charge in [0.25, 0.3) is 5.91 Å². The lowest BCUT2D eigenvalue weighted by Crippen LogP contribution is -2.26. The maximum atomic E-state index is 13.0. The van der Waals surface area contributed by atoms with Crippen molar-refractivity contribution in [1.29, 1.82) is 0 Å². The van der Waals surface area contributed by atoms with Gasteiger partial charge in [-0.25, -0.2) is 4.98 Å². The highest BCUT2D eigenvalue weighted by Gasteiger charge is 2.13. The Labute approximate surface area is 174 Å². The van der Waals surface area contributed by atoms with Gasteiger partial charge in [0.05, 0.1) is 11.2 Å². The van der Waals surface area contributed by atoms with Crippen LogP contribution in [0.15, 0.2) is 84.5 Å². The van der Waals surface area contributed by atoms with Crippen LogP contribution in [0.3, 0.4) is 0 Å². The van der Waals surface area contributed by atoms with Gasteiger partial charge in [-0.1, -0.05) is 66.7 Å². The molecule has 4 rings (SSSR count). The number of imidazole rings is 1. The van der Waals surface area contributed by atoms with E-state index < -0.39 is 0 Å². The topological polar surface area (TPSA) is 57.8 Å². The number of rotatable bonds is 7. The lowest BCUT2D eigenvalue weighted by atomic mass is 10.0. The number of carbonyl (C=O) groups is 1. The van der Waals surface area contributed by atoms with Gasteiger partial charge in [-0.3, -0.25) is 4.79 Å². The summed E-state index contributed by atoms with van der Waals surface area (Å²) in [6.45, 7) is 0.526. The minimum absolute atomic E-state index is 0.0859. The van der Waals surface area contributed by atoms with Crippen LogP contribution in [0.5, 0.6) is 0 Å².